The van der Waals surface area contributed by atoms with E-state index in [1.165, 1.54) is 0 Å². The van der Waals surface area contributed by atoms with Gasteiger partial charge in [-0.25, -0.2) is 5.48 Å². The molecule has 0 aliphatic carbocycles. The molecule has 0 radical (unpaired) electrons. The highest BCUT2D eigenvalue weighted by Gasteiger charge is 2.33. The molecule has 0 saturated carbocycles. The smallest absolute Gasteiger partial charge is 0.328 e. The summed E-state index contributed by atoms with van der Waals surface area (Å²) < 4.78 is 22.0. The van der Waals surface area contributed by atoms with Crippen molar-refractivity contribution in [1.82, 2.24) is 5.48 Å². The molecular weight excluding hydrogens is 261 g/mol. The third kappa shape index (κ3) is 5.32. The molecule has 5 atom stereocenters. The van der Waals surface area contributed by atoms with Crippen LogP contribution in [0.4, 0.5) is 0 Å². The molecule has 1 aliphatic heterocycles. The second-order valence-electron chi connectivity index (χ2n) is 4.76. The predicted octanol–water partition coefficient (Wildman–Crippen LogP) is 0.484. The van der Waals surface area contributed by atoms with Crippen molar-refractivity contribution in [3.63, 3.8) is 0 Å². The molecule has 1 saturated heterocycles. The summed E-state index contributed by atoms with van der Waals surface area (Å²) >= 11 is 0. The van der Waals surface area contributed by atoms with Crippen molar-refractivity contribution in [2.24, 2.45) is 0 Å². The van der Waals surface area contributed by atoms with Gasteiger partial charge in [-0.05, 0) is 20.3 Å². The van der Waals surface area contributed by atoms with Gasteiger partial charge in [-0.1, -0.05) is 0 Å². The zero-order valence-electron chi connectivity index (χ0n) is 10.7. The van der Waals surface area contributed by atoms with Gasteiger partial charge in [0.25, 0.3) is 0 Å². The normalized spacial score (nSPS) is 33.3. The molecule has 18 heavy (non-hydrogen) atoms. The van der Waals surface area contributed by atoms with E-state index in [-0.39, 0.29) is 24.9 Å². The van der Waals surface area contributed by atoms with E-state index in [1.54, 1.807) is 6.92 Å². The Kier molecular flexibility index (Phi) is 6.20. The van der Waals surface area contributed by atoms with Gasteiger partial charge in [0.1, 0.15) is 6.10 Å². The first-order valence-electron chi connectivity index (χ1n) is 6.03. The van der Waals surface area contributed by atoms with Crippen molar-refractivity contribution >= 4 is 7.60 Å². The lowest BCUT2D eigenvalue weighted by Crippen LogP contribution is -2.27. The van der Waals surface area contributed by atoms with Crippen molar-refractivity contribution in [1.29, 1.82) is 0 Å². The monoisotopic (exact) mass is 283 g/mol. The molecule has 0 spiro atoms. The van der Waals surface area contributed by atoms with Crippen LogP contribution in [0, 0.1) is 0 Å². The first kappa shape index (κ1) is 16.0. The molecule has 8 heteroatoms. The van der Waals surface area contributed by atoms with Crippen molar-refractivity contribution in [2.75, 3.05) is 12.8 Å². The van der Waals surface area contributed by atoms with Crippen LogP contribution >= 0.6 is 7.60 Å². The molecule has 0 aromatic rings. The Morgan fingerprint density at radius 2 is 2.28 bits per heavy atom. The van der Waals surface area contributed by atoms with Gasteiger partial charge >= 0.3 is 7.60 Å². The van der Waals surface area contributed by atoms with Crippen LogP contribution in [0.25, 0.3) is 0 Å². The van der Waals surface area contributed by atoms with Crippen LogP contribution in [-0.4, -0.2) is 52.3 Å². The average Bonchev–Trinajstić information content (AvgIpc) is 2.62. The van der Waals surface area contributed by atoms with Crippen LogP contribution in [-0.2, 0) is 13.8 Å². The van der Waals surface area contributed by atoms with E-state index >= 15 is 0 Å². The van der Waals surface area contributed by atoms with Gasteiger partial charge in [-0.3, -0.25) is 4.57 Å². The maximum Gasteiger partial charge on any atom is 0.328 e. The Morgan fingerprint density at radius 3 is 2.78 bits per heavy atom. The fourth-order valence-electron chi connectivity index (χ4n) is 1.76. The van der Waals surface area contributed by atoms with E-state index in [1.807, 2.05) is 12.4 Å². The van der Waals surface area contributed by atoms with Crippen LogP contribution in [0.5, 0.6) is 0 Å². The number of hydrogen-bond acceptors (Lipinski definition) is 6. The first-order chi connectivity index (χ1) is 8.34. The molecule has 7 nitrogen and oxygen atoms in total. The quantitative estimate of drug-likeness (QED) is 0.397. The number of aliphatic hydroxyl groups is 1. The minimum absolute atomic E-state index is 0.0555. The van der Waals surface area contributed by atoms with E-state index < -0.39 is 19.8 Å². The lowest BCUT2D eigenvalue weighted by molar-refractivity contribution is -0.0130. The predicted molar refractivity (Wildman–Crippen MR) is 64.6 cm³/mol. The van der Waals surface area contributed by atoms with E-state index in [9.17, 15) is 14.6 Å². The van der Waals surface area contributed by atoms with Gasteiger partial charge in [0.05, 0.1) is 25.0 Å². The topological polar surface area (TPSA) is 108 Å². The molecule has 5 unspecified atom stereocenters. The van der Waals surface area contributed by atoms with Crippen LogP contribution in [0.15, 0.2) is 0 Å². The Balaban J connectivity index is 2.30. The Bertz CT molecular complexity index is 302. The molecule has 4 N–H and O–H groups in total. The van der Waals surface area contributed by atoms with Crippen molar-refractivity contribution in [3.8, 4) is 0 Å². The standard InChI is InChI=1S/C10H22NO6P/c1-7(11-13)3-4-18(14,15)16-6-10-9(12)5-8(2)17-10/h7-13H,3-6H2,1-2H3,(H,14,15). The Labute approximate surface area is 107 Å². The Hall–Kier alpha value is -0.0100. The zero-order chi connectivity index (χ0) is 13.8. The number of rotatable bonds is 7. The van der Waals surface area contributed by atoms with E-state index in [0.717, 1.165) is 0 Å². The molecule has 1 fully saturated rings. The molecule has 0 amide bonds. The minimum Gasteiger partial charge on any atom is -0.390 e. The van der Waals surface area contributed by atoms with Crippen LogP contribution < -0.4 is 5.48 Å². The van der Waals surface area contributed by atoms with Gasteiger partial charge in [0.2, 0.25) is 0 Å². The third-order valence-corrected chi connectivity index (χ3v) is 4.29. The molecule has 0 bridgehead atoms. The summed E-state index contributed by atoms with van der Waals surface area (Å²) in [6.07, 6.45) is -0.499. The molecule has 0 aromatic heterocycles. The number of aliphatic hydroxyl groups excluding tert-OH is 1. The molecule has 0 aromatic carbocycles. The van der Waals surface area contributed by atoms with Crippen molar-refractivity contribution in [2.45, 2.75) is 51.0 Å². The highest BCUT2D eigenvalue weighted by molar-refractivity contribution is 7.52. The second kappa shape index (κ2) is 6.96. The fourth-order valence-corrected chi connectivity index (χ4v) is 2.99. The van der Waals surface area contributed by atoms with Gasteiger partial charge in [-0.2, -0.15) is 0 Å². The largest absolute Gasteiger partial charge is 0.390 e. The Morgan fingerprint density at radius 1 is 1.61 bits per heavy atom. The van der Waals surface area contributed by atoms with Crippen LogP contribution in [0.1, 0.15) is 26.7 Å². The fraction of sp³-hybridized carbons (Fsp3) is 1.00. The summed E-state index contributed by atoms with van der Waals surface area (Å²) in [5, 5.41) is 18.2. The average molecular weight is 283 g/mol. The van der Waals surface area contributed by atoms with Gasteiger partial charge < -0.3 is 24.5 Å². The lowest BCUT2D eigenvalue weighted by Gasteiger charge is -2.18. The summed E-state index contributed by atoms with van der Waals surface area (Å²) in [6, 6.07) is -0.276. The summed E-state index contributed by atoms with van der Waals surface area (Å²) in [5.41, 5.74) is 2.00. The van der Waals surface area contributed by atoms with Crippen molar-refractivity contribution in [3.05, 3.63) is 0 Å². The highest BCUT2D eigenvalue weighted by atomic mass is 31.2. The third-order valence-electron chi connectivity index (χ3n) is 2.92. The van der Waals surface area contributed by atoms with E-state index in [0.29, 0.717) is 12.8 Å². The van der Waals surface area contributed by atoms with Crippen molar-refractivity contribution < 1.29 is 29.0 Å². The summed E-state index contributed by atoms with van der Waals surface area (Å²) in [7, 11) is -3.70. The van der Waals surface area contributed by atoms with Crippen LogP contribution in [0.2, 0.25) is 0 Å². The first-order valence-corrected chi connectivity index (χ1v) is 7.80. The maximum atomic E-state index is 11.7. The van der Waals surface area contributed by atoms with Gasteiger partial charge in [0, 0.05) is 12.5 Å². The lowest BCUT2D eigenvalue weighted by atomic mass is 10.1. The highest BCUT2D eigenvalue weighted by Crippen LogP contribution is 2.43. The summed E-state index contributed by atoms with van der Waals surface area (Å²) in [5.74, 6) is 0. The number of ether oxygens (including phenoxy) is 1. The molecule has 108 valence electrons. The second-order valence-corrected chi connectivity index (χ2v) is 6.74. The number of hydroxylamine groups is 1. The molecule has 1 rings (SSSR count). The van der Waals surface area contributed by atoms with E-state index in [4.69, 9.17) is 14.5 Å². The minimum atomic E-state index is -3.70. The maximum absolute atomic E-state index is 11.7. The van der Waals surface area contributed by atoms with E-state index in [2.05, 4.69) is 0 Å². The number of hydrogen-bond donors (Lipinski definition) is 4. The summed E-state index contributed by atoms with van der Waals surface area (Å²) in [6.45, 7) is 3.42. The zero-order valence-corrected chi connectivity index (χ0v) is 11.5. The van der Waals surface area contributed by atoms with Gasteiger partial charge in [-0.15, -0.1) is 0 Å². The number of nitrogens with one attached hydrogen (secondary N) is 1. The molecular formula is C10H22NO6P. The summed E-state index contributed by atoms with van der Waals surface area (Å²) in [4.78, 5) is 9.56. The SMILES string of the molecule is CC(CCP(=O)(O)OCC1OC(C)CC1O)NO. The molecule has 1 heterocycles. The molecule has 1 aliphatic rings. The van der Waals surface area contributed by atoms with Crippen LogP contribution in [0.3, 0.4) is 0 Å². The van der Waals surface area contributed by atoms with Gasteiger partial charge in [0.15, 0.2) is 0 Å².